The number of hydrogen-bond acceptors (Lipinski definition) is 2. The fourth-order valence-corrected chi connectivity index (χ4v) is 1.85. The normalized spacial score (nSPS) is 27.6. The fourth-order valence-electron chi connectivity index (χ4n) is 1.85. The summed E-state index contributed by atoms with van der Waals surface area (Å²) in [7, 11) is 0. The third kappa shape index (κ3) is 1.53. The molecule has 1 saturated heterocycles. The summed E-state index contributed by atoms with van der Waals surface area (Å²) in [5.74, 6) is 0.107. The average Bonchev–Trinajstić information content (AvgIpc) is 2.25. The number of aliphatic hydroxyl groups is 1. The van der Waals surface area contributed by atoms with Crippen LogP contribution >= 0.6 is 0 Å². The van der Waals surface area contributed by atoms with Crippen LogP contribution in [0.5, 0.6) is 0 Å². The molecule has 70 valence electrons. The minimum Gasteiger partial charge on any atom is -0.465 e. The third-order valence-corrected chi connectivity index (χ3v) is 2.45. The van der Waals surface area contributed by atoms with E-state index in [-0.39, 0.29) is 18.1 Å². The Morgan fingerprint density at radius 1 is 1.67 bits per heavy atom. The maximum atomic E-state index is 10.7. The largest absolute Gasteiger partial charge is 0.465 e. The van der Waals surface area contributed by atoms with E-state index in [2.05, 4.69) is 0 Å². The fraction of sp³-hybridized carbons (Fsp3) is 0.875. The molecule has 1 heterocycles. The minimum absolute atomic E-state index is 0.0766. The first-order chi connectivity index (χ1) is 5.47. The molecular formula is C8H15NO3. The number of nitrogens with zero attached hydrogens (tertiary/aromatic N) is 1. The number of likely N-dealkylation sites (tertiary alicyclic amines) is 1. The molecule has 1 rings (SSSR count). The molecule has 0 spiro atoms. The van der Waals surface area contributed by atoms with Gasteiger partial charge in [-0.1, -0.05) is 0 Å². The highest BCUT2D eigenvalue weighted by atomic mass is 16.4. The van der Waals surface area contributed by atoms with Crippen LogP contribution in [0, 0.1) is 5.92 Å². The van der Waals surface area contributed by atoms with Crippen molar-refractivity contribution < 1.29 is 15.0 Å². The quantitative estimate of drug-likeness (QED) is 0.615. The Kier molecular flexibility index (Phi) is 2.28. The van der Waals surface area contributed by atoms with Crippen molar-refractivity contribution in [3.05, 3.63) is 0 Å². The van der Waals surface area contributed by atoms with Gasteiger partial charge in [0.25, 0.3) is 0 Å². The lowest BCUT2D eigenvalue weighted by atomic mass is 9.97. The predicted octanol–water partition coefficient (Wildman–Crippen LogP) is 0.757. The van der Waals surface area contributed by atoms with Crippen molar-refractivity contribution in [1.29, 1.82) is 0 Å². The first-order valence-corrected chi connectivity index (χ1v) is 4.09. The molecule has 0 aromatic heterocycles. The van der Waals surface area contributed by atoms with E-state index in [1.165, 1.54) is 4.90 Å². The average molecular weight is 173 g/mol. The van der Waals surface area contributed by atoms with Crippen LogP contribution in [0.2, 0.25) is 0 Å². The Labute approximate surface area is 71.8 Å². The number of carboxylic acid groups (broad SMARTS) is 1. The summed E-state index contributed by atoms with van der Waals surface area (Å²) < 4.78 is 0. The van der Waals surface area contributed by atoms with E-state index in [1.807, 2.05) is 13.8 Å². The van der Waals surface area contributed by atoms with E-state index in [1.54, 1.807) is 0 Å². The molecule has 1 aliphatic rings. The maximum Gasteiger partial charge on any atom is 0.407 e. The first-order valence-electron chi connectivity index (χ1n) is 4.09. The van der Waals surface area contributed by atoms with E-state index in [0.29, 0.717) is 6.54 Å². The number of aliphatic hydroxyl groups excluding tert-OH is 1. The Balaban J connectivity index is 2.70. The van der Waals surface area contributed by atoms with Crippen LogP contribution < -0.4 is 0 Å². The standard InChI is InChI=1S/C8H15NO3/c1-8(2)3-6(5-10)4-9(8)7(11)12/h6,10H,3-5H2,1-2H3,(H,11,12). The van der Waals surface area contributed by atoms with E-state index in [0.717, 1.165) is 6.42 Å². The number of carbonyl (C=O) groups is 1. The molecule has 1 aliphatic heterocycles. The summed E-state index contributed by atoms with van der Waals surface area (Å²) in [6.45, 7) is 4.31. The maximum absolute atomic E-state index is 10.7. The first kappa shape index (κ1) is 9.32. The summed E-state index contributed by atoms with van der Waals surface area (Å²) >= 11 is 0. The molecule has 0 bridgehead atoms. The van der Waals surface area contributed by atoms with Crippen molar-refractivity contribution in [2.24, 2.45) is 5.92 Å². The van der Waals surface area contributed by atoms with Gasteiger partial charge >= 0.3 is 6.09 Å². The van der Waals surface area contributed by atoms with E-state index in [9.17, 15) is 4.79 Å². The Hall–Kier alpha value is -0.770. The van der Waals surface area contributed by atoms with Gasteiger partial charge in [-0.2, -0.15) is 0 Å². The molecule has 0 radical (unpaired) electrons. The summed E-state index contributed by atoms with van der Waals surface area (Å²) in [5.41, 5.74) is -0.320. The molecule has 2 N–H and O–H groups in total. The van der Waals surface area contributed by atoms with Crippen LogP contribution in [0.15, 0.2) is 0 Å². The molecule has 1 fully saturated rings. The highest BCUT2D eigenvalue weighted by Gasteiger charge is 2.40. The second-order valence-corrected chi connectivity index (χ2v) is 3.96. The van der Waals surface area contributed by atoms with Gasteiger partial charge in [-0.3, -0.25) is 0 Å². The van der Waals surface area contributed by atoms with Gasteiger partial charge in [0, 0.05) is 24.6 Å². The Bertz CT molecular complexity index is 191. The summed E-state index contributed by atoms with van der Waals surface area (Å²) in [5, 5.41) is 17.7. The number of rotatable bonds is 1. The van der Waals surface area contributed by atoms with Gasteiger partial charge in [0.1, 0.15) is 0 Å². The Morgan fingerprint density at radius 2 is 2.25 bits per heavy atom. The van der Waals surface area contributed by atoms with E-state index in [4.69, 9.17) is 10.2 Å². The second-order valence-electron chi connectivity index (χ2n) is 3.96. The molecular weight excluding hydrogens is 158 g/mol. The van der Waals surface area contributed by atoms with Gasteiger partial charge < -0.3 is 15.1 Å². The van der Waals surface area contributed by atoms with Crippen molar-refractivity contribution in [2.75, 3.05) is 13.2 Å². The lowest BCUT2D eigenvalue weighted by Gasteiger charge is -2.28. The molecule has 4 heteroatoms. The third-order valence-electron chi connectivity index (χ3n) is 2.45. The zero-order valence-corrected chi connectivity index (χ0v) is 7.45. The summed E-state index contributed by atoms with van der Waals surface area (Å²) in [6, 6.07) is 0. The van der Waals surface area contributed by atoms with Crippen molar-refractivity contribution in [3.8, 4) is 0 Å². The van der Waals surface area contributed by atoms with Crippen molar-refractivity contribution >= 4 is 6.09 Å². The summed E-state index contributed by atoms with van der Waals surface area (Å²) in [4.78, 5) is 12.1. The van der Waals surface area contributed by atoms with Gasteiger partial charge in [-0.15, -0.1) is 0 Å². The van der Waals surface area contributed by atoms with Crippen LogP contribution in [-0.2, 0) is 0 Å². The highest BCUT2D eigenvalue weighted by molar-refractivity contribution is 5.66. The van der Waals surface area contributed by atoms with Crippen molar-refractivity contribution in [3.63, 3.8) is 0 Å². The zero-order valence-electron chi connectivity index (χ0n) is 7.45. The lowest BCUT2D eigenvalue weighted by Crippen LogP contribution is -2.41. The predicted molar refractivity (Wildman–Crippen MR) is 44.0 cm³/mol. The van der Waals surface area contributed by atoms with Gasteiger partial charge in [0.2, 0.25) is 0 Å². The van der Waals surface area contributed by atoms with Crippen LogP contribution in [0.3, 0.4) is 0 Å². The Morgan fingerprint density at radius 3 is 2.50 bits per heavy atom. The minimum atomic E-state index is -0.893. The SMILES string of the molecule is CC1(C)CC(CO)CN1C(=O)O. The highest BCUT2D eigenvalue weighted by Crippen LogP contribution is 2.31. The van der Waals surface area contributed by atoms with Gasteiger partial charge in [0.15, 0.2) is 0 Å². The second kappa shape index (κ2) is 2.94. The van der Waals surface area contributed by atoms with E-state index < -0.39 is 6.09 Å². The number of amides is 1. The molecule has 0 aliphatic carbocycles. The van der Waals surface area contributed by atoms with Crippen LogP contribution in [0.4, 0.5) is 4.79 Å². The van der Waals surface area contributed by atoms with Crippen molar-refractivity contribution in [1.82, 2.24) is 4.90 Å². The van der Waals surface area contributed by atoms with Crippen molar-refractivity contribution in [2.45, 2.75) is 25.8 Å². The topological polar surface area (TPSA) is 60.8 Å². The van der Waals surface area contributed by atoms with Crippen LogP contribution in [-0.4, -0.2) is 39.9 Å². The number of hydrogen-bond donors (Lipinski definition) is 2. The van der Waals surface area contributed by atoms with Gasteiger partial charge in [-0.05, 0) is 20.3 Å². The monoisotopic (exact) mass is 173 g/mol. The molecule has 0 aromatic rings. The molecule has 12 heavy (non-hydrogen) atoms. The lowest BCUT2D eigenvalue weighted by molar-refractivity contribution is 0.116. The van der Waals surface area contributed by atoms with E-state index >= 15 is 0 Å². The molecule has 1 amide bonds. The van der Waals surface area contributed by atoms with Crippen LogP contribution in [0.25, 0.3) is 0 Å². The molecule has 1 unspecified atom stereocenters. The van der Waals surface area contributed by atoms with Crippen LogP contribution in [0.1, 0.15) is 20.3 Å². The molecule has 4 nitrogen and oxygen atoms in total. The van der Waals surface area contributed by atoms with Gasteiger partial charge in [-0.25, -0.2) is 4.79 Å². The molecule has 1 atom stereocenters. The summed E-state index contributed by atoms with van der Waals surface area (Å²) in [6.07, 6.45) is -0.147. The molecule has 0 aromatic carbocycles. The zero-order chi connectivity index (χ0) is 9.35. The smallest absolute Gasteiger partial charge is 0.407 e. The molecule has 0 saturated carbocycles. The van der Waals surface area contributed by atoms with Gasteiger partial charge in [0.05, 0.1) is 0 Å².